The average Bonchev–Trinajstić information content (AvgIpc) is 2.91. The van der Waals surface area contributed by atoms with Gasteiger partial charge in [-0.3, -0.25) is 9.21 Å². The van der Waals surface area contributed by atoms with E-state index in [1.807, 2.05) is 121 Å². The predicted molar refractivity (Wildman–Crippen MR) is 135 cm³/mol. The first-order chi connectivity index (χ1) is 16.6. The number of anilines is 1. The van der Waals surface area contributed by atoms with Crippen molar-refractivity contribution >= 4 is 23.4 Å². The fourth-order valence-electron chi connectivity index (χ4n) is 3.88. The number of aliphatic hydroxyl groups is 1. The van der Waals surface area contributed by atoms with Crippen molar-refractivity contribution in [3.8, 4) is 0 Å². The number of ether oxygens (including phenoxy) is 1. The molecule has 0 bridgehead atoms. The molecule has 3 unspecified atom stereocenters. The molecule has 0 aliphatic heterocycles. The SMILES string of the molecule is O=C(CC(c1ccccc1)N(Cl)c1ccccc1)OC(c1ccccc1)C(O)c1ccccc1. The van der Waals surface area contributed by atoms with E-state index in [1.54, 1.807) is 4.42 Å². The topological polar surface area (TPSA) is 49.8 Å². The van der Waals surface area contributed by atoms with Crippen LogP contribution in [0.25, 0.3) is 0 Å². The van der Waals surface area contributed by atoms with Crippen molar-refractivity contribution in [2.75, 3.05) is 4.42 Å². The predicted octanol–water partition coefficient (Wildman–Crippen LogP) is 6.80. The number of hydrogen-bond donors (Lipinski definition) is 1. The van der Waals surface area contributed by atoms with Gasteiger partial charge in [-0.1, -0.05) is 109 Å². The van der Waals surface area contributed by atoms with E-state index in [1.165, 1.54) is 0 Å². The largest absolute Gasteiger partial charge is 0.454 e. The van der Waals surface area contributed by atoms with Crippen LogP contribution in [0.4, 0.5) is 5.69 Å². The lowest BCUT2D eigenvalue weighted by Crippen LogP contribution is -2.25. The third kappa shape index (κ3) is 5.84. The van der Waals surface area contributed by atoms with Crippen LogP contribution < -0.4 is 4.42 Å². The molecule has 172 valence electrons. The van der Waals surface area contributed by atoms with Crippen LogP contribution in [0, 0.1) is 0 Å². The van der Waals surface area contributed by atoms with Gasteiger partial charge in [-0.25, -0.2) is 0 Å². The second-order valence-corrected chi connectivity index (χ2v) is 8.32. The third-order valence-corrected chi connectivity index (χ3v) is 6.07. The van der Waals surface area contributed by atoms with Crippen molar-refractivity contribution in [1.29, 1.82) is 0 Å². The van der Waals surface area contributed by atoms with Crippen LogP contribution in [-0.2, 0) is 9.53 Å². The molecule has 0 aliphatic carbocycles. The zero-order valence-electron chi connectivity index (χ0n) is 18.6. The van der Waals surface area contributed by atoms with Gasteiger partial charge in [-0.15, -0.1) is 0 Å². The molecule has 0 saturated heterocycles. The lowest BCUT2D eigenvalue weighted by molar-refractivity contribution is -0.156. The van der Waals surface area contributed by atoms with Crippen LogP contribution in [0.3, 0.4) is 0 Å². The van der Waals surface area contributed by atoms with Gasteiger partial charge in [0.15, 0.2) is 6.10 Å². The molecule has 0 amide bonds. The van der Waals surface area contributed by atoms with E-state index in [-0.39, 0.29) is 6.42 Å². The minimum Gasteiger partial charge on any atom is -0.454 e. The summed E-state index contributed by atoms with van der Waals surface area (Å²) >= 11 is 6.74. The summed E-state index contributed by atoms with van der Waals surface area (Å²) < 4.78 is 7.47. The Morgan fingerprint density at radius 2 is 1.15 bits per heavy atom. The zero-order chi connectivity index (χ0) is 23.8. The van der Waals surface area contributed by atoms with E-state index in [0.717, 1.165) is 11.3 Å². The first-order valence-corrected chi connectivity index (χ1v) is 11.5. The number of esters is 1. The lowest BCUT2D eigenvalue weighted by atomic mass is 9.98. The zero-order valence-corrected chi connectivity index (χ0v) is 19.3. The molecule has 4 rings (SSSR count). The highest BCUT2D eigenvalue weighted by Gasteiger charge is 2.30. The minimum absolute atomic E-state index is 0.00719. The molecule has 34 heavy (non-hydrogen) atoms. The first-order valence-electron chi connectivity index (χ1n) is 11.2. The maximum absolute atomic E-state index is 13.3. The first kappa shape index (κ1) is 23.6. The fraction of sp³-hybridized carbons (Fsp3) is 0.138. The van der Waals surface area contributed by atoms with Crippen molar-refractivity contribution in [2.24, 2.45) is 0 Å². The Bertz CT molecular complexity index is 1060. The average molecular weight is 472 g/mol. The normalized spacial score (nSPS) is 13.5. The van der Waals surface area contributed by atoms with Gasteiger partial charge >= 0.3 is 5.97 Å². The van der Waals surface area contributed by atoms with Crippen LogP contribution in [0.5, 0.6) is 0 Å². The molecule has 4 aromatic carbocycles. The second kappa shape index (κ2) is 11.5. The van der Waals surface area contributed by atoms with Gasteiger partial charge in [-0.2, -0.15) is 0 Å². The highest BCUT2D eigenvalue weighted by molar-refractivity contribution is 6.26. The van der Waals surface area contributed by atoms with Gasteiger partial charge in [0.05, 0.1) is 18.2 Å². The lowest BCUT2D eigenvalue weighted by Gasteiger charge is -2.29. The maximum Gasteiger partial charge on any atom is 0.309 e. The number of benzene rings is 4. The molecular weight excluding hydrogens is 446 g/mol. The van der Waals surface area contributed by atoms with Crippen molar-refractivity contribution < 1.29 is 14.6 Å². The van der Waals surface area contributed by atoms with Gasteiger partial charge in [0.1, 0.15) is 6.10 Å². The highest BCUT2D eigenvalue weighted by atomic mass is 35.5. The fourth-order valence-corrected chi connectivity index (χ4v) is 4.18. The number of carbonyl (C=O) groups excluding carboxylic acids is 1. The molecule has 0 saturated carbocycles. The van der Waals surface area contributed by atoms with Gasteiger partial charge < -0.3 is 9.84 Å². The van der Waals surface area contributed by atoms with Crippen LogP contribution in [-0.4, -0.2) is 11.1 Å². The molecule has 1 N–H and O–H groups in total. The standard InChI is InChI=1S/C29H26ClNO3/c30-31(25-19-11-4-12-20-25)26(22-13-5-1-6-14-22)21-27(32)34-29(24-17-9-3-10-18-24)28(33)23-15-7-2-8-16-23/h1-20,26,28-29,33H,21H2. The van der Waals surface area contributed by atoms with Gasteiger partial charge in [0.25, 0.3) is 0 Å². The maximum atomic E-state index is 13.3. The summed E-state index contributed by atoms with van der Waals surface area (Å²) in [6.07, 6.45) is -1.86. The summed E-state index contributed by atoms with van der Waals surface area (Å²) in [7, 11) is 0. The van der Waals surface area contributed by atoms with E-state index in [9.17, 15) is 9.90 Å². The molecule has 0 spiro atoms. The van der Waals surface area contributed by atoms with E-state index in [0.29, 0.717) is 11.1 Å². The van der Waals surface area contributed by atoms with Crippen LogP contribution in [0.1, 0.15) is 41.4 Å². The molecule has 0 radical (unpaired) electrons. The monoisotopic (exact) mass is 471 g/mol. The van der Waals surface area contributed by atoms with Crippen LogP contribution >= 0.6 is 11.8 Å². The summed E-state index contributed by atoms with van der Waals surface area (Å²) in [6.45, 7) is 0. The van der Waals surface area contributed by atoms with E-state index >= 15 is 0 Å². The quantitative estimate of drug-likeness (QED) is 0.215. The van der Waals surface area contributed by atoms with Crippen molar-refractivity contribution in [3.63, 3.8) is 0 Å². The number of aliphatic hydroxyl groups excluding tert-OH is 1. The Morgan fingerprint density at radius 1 is 0.706 bits per heavy atom. The Kier molecular flexibility index (Phi) is 7.97. The van der Waals surface area contributed by atoms with E-state index in [2.05, 4.69) is 0 Å². The Hall–Kier alpha value is -3.60. The van der Waals surface area contributed by atoms with Crippen molar-refractivity contribution in [1.82, 2.24) is 0 Å². The number of rotatable bonds is 9. The molecule has 0 aromatic heterocycles. The Morgan fingerprint density at radius 3 is 1.68 bits per heavy atom. The number of para-hydroxylation sites is 1. The summed E-state index contributed by atoms with van der Waals surface area (Å²) in [5, 5.41) is 11.1. The number of halogens is 1. The number of hydrogen-bond acceptors (Lipinski definition) is 4. The number of carbonyl (C=O) groups is 1. The summed E-state index contributed by atoms with van der Waals surface area (Å²) in [5.74, 6) is -0.459. The van der Waals surface area contributed by atoms with E-state index in [4.69, 9.17) is 16.5 Å². The third-order valence-electron chi connectivity index (χ3n) is 5.64. The molecule has 0 heterocycles. The van der Waals surface area contributed by atoms with Crippen LogP contribution in [0.2, 0.25) is 0 Å². The van der Waals surface area contributed by atoms with E-state index < -0.39 is 24.2 Å². The smallest absolute Gasteiger partial charge is 0.309 e. The summed E-state index contributed by atoms with van der Waals surface area (Å²) in [6, 6.07) is 37.1. The minimum atomic E-state index is -1.01. The molecule has 4 nitrogen and oxygen atoms in total. The summed E-state index contributed by atoms with van der Waals surface area (Å²) in [5.41, 5.74) is 3.05. The van der Waals surface area contributed by atoms with Crippen molar-refractivity contribution in [2.45, 2.75) is 24.7 Å². The van der Waals surface area contributed by atoms with Crippen molar-refractivity contribution in [3.05, 3.63) is 138 Å². The van der Waals surface area contributed by atoms with Gasteiger partial charge in [0, 0.05) is 11.8 Å². The molecule has 5 heteroatoms. The second-order valence-electron chi connectivity index (χ2n) is 7.95. The Labute approximate surface area is 205 Å². The summed E-state index contributed by atoms with van der Waals surface area (Å²) in [4.78, 5) is 13.3. The molecular formula is C29H26ClNO3. The molecule has 3 atom stereocenters. The highest BCUT2D eigenvalue weighted by Crippen LogP contribution is 2.35. The Balaban J connectivity index is 1.59. The molecule has 0 fully saturated rings. The van der Waals surface area contributed by atoms with Gasteiger partial charge in [0.2, 0.25) is 0 Å². The number of nitrogens with zero attached hydrogens (tertiary/aromatic N) is 1. The van der Waals surface area contributed by atoms with Crippen LogP contribution in [0.15, 0.2) is 121 Å². The van der Waals surface area contributed by atoms with Gasteiger partial charge in [-0.05, 0) is 28.8 Å². The molecule has 0 aliphatic rings. The molecule has 4 aromatic rings.